The number of nitrogens with zero attached hydrogens (tertiary/aromatic N) is 3. The highest BCUT2D eigenvalue weighted by molar-refractivity contribution is 6.00. The smallest absolute Gasteiger partial charge is 0.316 e. The summed E-state index contributed by atoms with van der Waals surface area (Å²) < 4.78 is 32.3. The maximum Gasteiger partial charge on any atom is 0.316 e. The molecule has 0 radical (unpaired) electrons. The fourth-order valence-corrected chi connectivity index (χ4v) is 8.57. The second kappa shape index (κ2) is 19.6. The first-order valence-corrected chi connectivity index (χ1v) is 20.1. The molecule has 0 unspecified atom stereocenters. The van der Waals surface area contributed by atoms with E-state index >= 15 is 0 Å². The average Bonchev–Trinajstić information content (AvgIpc) is 3.17. The van der Waals surface area contributed by atoms with E-state index < -0.39 is 89.1 Å². The number of likely N-dealkylation sites (N-methyl/N-ethyl adjacent to an activating group) is 1. The summed E-state index contributed by atoms with van der Waals surface area (Å²) in [6.07, 6.45) is -5.26. The summed E-state index contributed by atoms with van der Waals surface area (Å²) in [6, 6.07) is 6.20. The van der Waals surface area contributed by atoms with Gasteiger partial charge >= 0.3 is 5.97 Å². The van der Waals surface area contributed by atoms with Crippen molar-refractivity contribution < 1.29 is 57.9 Å². The molecule has 0 saturated carbocycles. The molecule has 3 fully saturated rings. The molecule has 0 aliphatic carbocycles. The van der Waals surface area contributed by atoms with Crippen LogP contribution in [0.2, 0.25) is 0 Å². The minimum atomic E-state index is -1.87. The van der Waals surface area contributed by atoms with Gasteiger partial charge in [-0.25, -0.2) is 4.99 Å². The number of carbonyl (C=O) groups is 4. The molecule has 0 aromatic heterocycles. The van der Waals surface area contributed by atoms with E-state index in [4.69, 9.17) is 34.3 Å². The van der Waals surface area contributed by atoms with Gasteiger partial charge in [-0.05, 0) is 84.7 Å². The van der Waals surface area contributed by atoms with Crippen LogP contribution in [-0.2, 0) is 49.5 Å². The molecule has 58 heavy (non-hydrogen) atoms. The number of primary amides is 1. The molecule has 2 bridgehead atoms. The standard InChI is InChI=1S/C42H64N4O12/c1-12-32-42(9,52)37-24(4)33(44-27(7)47)22(2)18-41(8,54-21-30(20-53-37)45-55-19-28-13-15-29(16-14-28)38(43)50)36(25(5)34(48)26(6)39(51)57-32)58-40-35(49)31(46(10)11)17-23(3)56-40/h13-16,22-26,31-32,35-37,40,49,52H,12,17-21H2,1-11H3,(H2,43,50)/b44-33?,45-30+/t22-,23-,24+,25+,26-,31+,32-,35-,36-,37+,40+,41-,42-/m1/s1. The Bertz CT molecular complexity index is 1680. The molecule has 3 heterocycles. The molecule has 2 amide bonds. The third kappa shape index (κ3) is 10.9. The number of ether oxygens (including phenoxy) is 5. The first-order valence-electron chi connectivity index (χ1n) is 20.1. The van der Waals surface area contributed by atoms with Crippen LogP contribution in [0.5, 0.6) is 0 Å². The van der Waals surface area contributed by atoms with Crippen molar-refractivity contribution in [2.45, 2.75) is 142 Å². The summed E-state index contributed by atoms with van der Waals surface area (Å²) >= 11 is 0. The van der Waals surface area contributed by atoms with Crippen molar-refractivity contribution in [1.29, 1.82) is 0 Å². The summed E-state index contributed by atoms with van der Waals surface area (Å²) in [5, 5.41) is 28.4. The zero-order chi connectivity index (χ0) is 43.3. The fraction of sp³-hybridized carbons (Fsp3) is 0.714. The number of Topliss-reactive ketones (excluding diaryl/α,β-unsaturated/α-hetero) is 1. The second-order valence-electron chi connectivity index (χ2n) is 16.9. The number of rotatable bonds is 8. The molecule has 16 heteroatoms. The topological polar surface area (TPSA) is 218 Å². The number of fused-ring (bicyclic) bond motifs is 5. The highest BCUT2D eigenvalue weighted by atomic mass is 16.7. The Labute approximate surface area is 341 Å². The monoisotopic (exact) mass is 816 g/mol. The number of nitrogens with two attached hydrogens (primary N) is 1. The Morgan fingerprint density at radius 3 is 2.28 bits per heavy atom. The summed E-state index contributed by atoms with van der Waals surface area (Å²) in [7, 11) is 3.71. The Hall–Kier alpha value is -3.64. The van der Waals surface area contributed by atoms with Crippen molar-refractivity contribution in [1.82, 2.24) is 4.90 Å². The molecule has 3 aliphatic rings. The van der Waals surface area contributed by atoms with Crippen molar-refractivity contribution >= 4 is 35.0 Å². The lowest BCUT2D eigenvalue weighted by molar-refractivity contribution is -0.296. The van der Waals surface area contributed by atoms with E-state index in [0.29, 0.717) is 23.3 Å². The lowest BCUT2D eigenvalue weighted by Gasteiger charge is -2.47. The number of carbonyl (C=O) groups excluding carboxylic acids is 4. The maximum absolute atomic E-state index is 14.5. The molecule has 1 aromatic rings. The second-order valence-corrected chi connectivity index (χ2v) is 16.9. The van der Waals surface area contributed by atoms with Crippen LogP contribution in [-0.4, -0.2) is 131 Å². The van der Waals surface area contributed by atoms with Gasteiger partial charge in [0.1, 0.15) is 36.0 Å². The number of hydrogen-bond acceptors (Lipinski definition) is 14. The van der Waals surface area contributed by atoms with Gasteiger partial charge < -0.3 is 49.4 Å². The normalized spacial score (nSPS) is 38.4. The molecule has 4 rings (SSSR count). The van der Waals surface area contributed by atoms with Crippen LogP contribution in [0, 0.1) is 23.7 Å². The zero-order valence-electron chi connectivity index (χ0n) is 35.8. The summed E-state index contributed by atoms with van der Waals surface area (Å²) in [6.45, 7) is 14.5. The fourth-order valence-electron chi connectivity index (χ4n) is 8.57. The highest BCUT2D eigenvalue weighted by Crippen LogP contribution is 2.40. The Balaban J connectivity index is 1.92. The van der Waals surface area contributed by atoms with E-state index in [1.54, 1.807) is 52.0 Å². The largest absolute Gasteiger partial charge is 0.459 e. The lowest BCUT2D eigenvalue weighted by Crippen LogP contribution is -2.60. The number of aliphatic hydroxyl groups excluding tert-OH is 1. The minimum Gasteiger partial charge on any atom is -0.459 e. The van der Waals surface area contributed by atoms with Crippen molar-refractivity contribution in [3.05, 3.63) is 35.4 Å². The first-order chi connectivity index (χ1) is 27.1. The number of oxime groups is 1. The van der Waals surface area contributed by atoms with Gasteiger partial charge in [-0.2, -0.15) is 0 Å². The van der Waals surface area contributed by atoms with E-state index in [1.807, 2.05) is 32.8 Å². The number of esters is 1. The molecule has 0 spiro atoms. The number of amides is 2. The molecule has 324 valence electrons. The van der Waals surface area contributed by atoms with Gasteiger partial charge in [-0.15, -0.1) is 0 Å². The van der Waals surface area contributed by atoms with Crippen LogP contribution in [0.4, 0.5) is 0 Å². The molecule has 1 aromatic carbocycles. The minimum absolute atomic E-state index is 0.00889. The first kappa shape index (κ1) is 47.0. The van der Waals surface area contributed by atoms with E-state index in [0.717, 1.165) is 0 Å². The predicted octanol–water partition coefficient (Wildman–Crippen LogP) is 3.22. The van der Waals surface area contributed by atoms with Gasteiger partial charge in [0.05, 0.1) is 37.1 Å². The van der Waals surface area contributed by atoms with Gasteiger partial charge in [0.15, 0.2) is 12.1 Å². The quantitative estimate of drug-likeness (QED) is 0.195. The van der Waals surface area contributed by atoms with Crippen LogP contribution in [0.3, 0.4) is 0 Å². The average molecular weight is 817 g/mol. The lowest BCUT2D eigenvalue weighted by atomic mass is 9.73. The zero-order valence-corrected chi connectivity index (χ0v) is 35.8. The third-order valence-electron chi connectivity index (χ3n) is 11.8. The number of ketones is 1. The molecular weight excluding hydrogens is 752 g/mol. The van der Waals surface area contributed by atoms with E-state index in [1.165, 1.54) is 20.8 Å². The SMILES string of the molecule is CC[C@H]1OC(=O)[C@H](C)C(=O)[C@H](C)[C@@H](O[C@@H]2O[C@H](C)C[C@H](N(C)C)[C@H]2O)[C@@]2(C)C[C@@H](C)C(=NC(C)=O)[C@H](C)[C@H](OC/C(=N\OCc3ccc(C(N)=O)cc3)CO2)[C@]1(C)O. The molecule has 4 N–H and O–H groups in total. The van der Waals surface area contributed by atoms with E-state index in [2.05, 4.69) is 10.1 Å². The van der Waals surface area contributed by atoms with Crippen molar-refractivity contribution in [2.75, 3.05) is 27.3 Å². The van der Waals surface area contributed by atoms with Gasteiger partial charge in [0.2, 0.25) is 11.8 Å². The molecule has 3 saturated heterocycles. The molecule has 13 atom stereocenters. The van der Waals surface area contributed by atoms with Crippen molar-refractivity contribution in [2.24, 2.45) is 39.6 Å². The van der Waals surface area contributed by atoms with Crippen LogP contribution >= 0.6 is 0 Å². The number of hydrogen-bond donors (Lipinski definition) is 3. The molecule has 16 nitrogen and oxygen atoms in total. The summed E-state index contributed by atoms with van der Waals surface area (Å²) in [5.41, 5.74) is 3.79. The van der Waals surface area contributed by atoms with Crippen LogP contribution in [0.25, 0.3) is 0 Å². The van der Waals surface area contributed by atoms with Gasteiger partial charge in [-0.1, -0.05) is 45.0 Å². The summed E-state index contributed by atoms with van der Waals surface area (Å²) in [5.74, 6) is -5.99. The third-order valence-corrected chi connectivity index (χ3v) is 11.8. The highest BCUT2D eigenvalue weighted by Gasteiger charge is 2.53. The molecule has 3 aliphatic heterocycles. The number of benzene rings is 1. The summed E-state index contributed by atoms with van der Waals surface area (Å²) in [4.78, 5) is 64.8. The molecular formula is C42H64N4O12. The van der Waals surface area contributed by atoms with Crippen LogP contribution < -0.4 is 5.73 Å². The number of aliphatic hydroxyl groups is 2. The maximum atomic E-state index is 14.5. The van der Waals surface area contributed by atoms with E-state index in [9.17, 15) is 29.4 Å². The van der Waals surface area contributed by atoms with E-state index in [-0.39, 0.29) is 50.5 Å². The van der Waals surface area contributed by atoms with Crippen molar-refractivity contribution in [3.8, 4) is 0 Å². The van der Waals surface area contributed by atoms with Crippen LogP contribution in [0.15, 0.2) is 34.4 Å². The van der Waals surface area contributed by atoms with Gasteiger partial charge in [0, 0.05) is 36.1 Å². The Kier molecular flexibility index (Phi) is 15.9. The number of aliphatic imine (C=N–C) groups is 1. The number of cyclic esters (lactones) is 1. The van der Waals surface area contributed by atoms with Gasteiger partial charge in [-0.3, -0.25) is 19.2 Å². The predicted molar refractivity (Wildman–Crippen MR) is 214 cm³/mol. The Morgan fingerprint density at radius 2 is 1.69 bits per heavy atom. The van der Waals surface area contributed by atoms with Crippen LogP contribution in [0.1, 0.15) is 97.5 Å². The van der Waals surface area contributed by atoms with Gasteiger partial charge in [0.25, 0.3) is 0 Å². The Morgan fingerprint density at radius 1 is 1.03 bits per heavy atom. The van der Waals surface area contributed by atoms with Crippen molar-refractivity contribution in [3.63, 3.8) is 0 Å².